The van der Waals surface area contributed by atoms with Crippen molar-refractivity contribution < 1.29 is 9.53 Å². The van der Waals surface area contributed by atoms with Gasteiger partial charge in [-0.1, -0.05) is 49.7 Å². The predicted octanol–water partition coefficient (Wildman–Crippen LogP) is 4.55. The number of carbonyl (C=O) groups is 1. The number of ether oxygens (including phenoxy) is 1. The van der Waals surface area contributed by atoms with Gasteiger partial charge in [0.15, 0.2) is 0 Å². The third-order valence-corrected chi connectivity index (χ3v) is 4.65. The highest BCUT2D eigenvalue weighted by Crippen LogP contribution is 2.27. The Balaban J connectivity index is 2.06. The van der Waals surface area contributed by atoms with E-state index < -0.39 is 0 Å². The first-order valence-electron chi connectivity index (χ1n) is 8.76. The quantitative estimate of drug-likeness (QED) is 0.711. The van der Waals surface area contributed by atoms with Gasteiger partial charge in [-0.25, -0.2) is 4.79 Å². The monoisotopic (exact) mass is 375 g/mol. The molecular weight excluding hydrogens is 350 g/mol. The molecule has 0 aromatic heterocycles. The summed E-state index contributed by atoms with van der Waals surface area (Å²) in [7, 11) is 1.59. The lowest BCUT2D eigenvalue weighted by Crippen LogP contribution is -2.39. The van der Waals surface area contributed by atoms with Crippen molar-refractivity contribution in [2.24, 2.45) is 0 Å². The zero-order valence-electron chi connectivity index (χ0n) is 15.5. The van der Waals surface area contributed by atoms with Crippen molar-refractivity contribution >= 4 is 23.3 Å². The van der Waals surface area contributed by atoms with Gasteiger partial charge in [-0.2, -0.15) is 0 Å². The van der Waals surface area contributed by atoms with E-state index in [1.807, 2.05) is 42.5 Å². The van der Waals surface area contributed by atoms with Crippen LogP contribution in [-0.4, -0.2) is 37.7 Å². The minimum atomic E-state index is -0.262. The molecule has 2 amide bonds. The van der Waals surface area contributed by atoms with E-state index in [0.717, 1.165) is 18.7 Å². The fraction of sp³-hybridized carbons (Fsp3) is 0.350. The van der Waals surface area contributed by atoms with Crippen molar-refractivity contribution in [3.63, 3.8) is 0 Å². The first-order chi connectivity index (χ1) is 12.6. The number of methoxy groups -OCH3 is 1. The molecule has 2 N–H and O–H groups in total. The molecule has 0 aliphatic heterocycles. The van der Waals surface area contributed by atoms with Crippen LogP contribution in [0.1, 0.15) is 25.5 Å². The van der Waals surface area contributed by atoms with Crippen LogP contribution >= 0.6 is 11.6 Å². The van der Waals surface area contributed by atoms with Crippen LogP contribution in [0.3, 0.4) is 0 Å². The van der Waals surface area contributed by atoms with Crippen LogP contribution in [0.15, 0.2) is 48.5 Å². The van der Waals surface area contributed by atoms with Crippen LogP contribution in [0.5, 0.6) is 5.75 Å². The van der Waals surface area contributed by atoms with E-state index in [1.54, 1.807) is 13.2 Å². The molecule has 1 unspecified atom stereocenters. The summed E-state index contributed by atoms with van der Waals surface area (Å²) in [5.41, 5.74) is 1.69. The summed E-state index contributed by atoms with van der Waals surface area (Å²) >= 11 is 6.39. The highest BCUT2D eigenvalue weighted by Gasteiger charge is 2.21. The van der Waals surface area contributed by atoms with Crippen molar-refractivity contribution in [1.29, 1.82) is 0 Å². The number of anilines is 1. The normalized spacial score (nSPS) is 11.9. The minimum absolute atomic E-state index is 0.00904. The summed E-state index contributed by atoms with van der Waals surface area (Å²) in [5.74, 6) is 0.694. The van der Waals surface area contributed by atoms with E-state index >= 15 is 0 Å². The molecule has 0 radical (unpaired) electrons. The molecule has 0 heterocycles. The smallest absolute Gasteiger partial charge is 0.319 e. The largest absolute Gasteiger partial charge is 0.497 e. The van der Waals surface area contributed by atoms with Crippen molar-refractivity contribution in [2.45, 2.75) is 19.9 Å². The van der Waals surface area contributed by atoms with Gasteiger partial charge in [-0.15, -0.1) is 0 Å². The van der Waals surface area contributed by atoms with Gasteiger partial charge in [0.2, 0.25) is 0 Å². The second kappa shape index (κ2) is 10.0. The average molecular weight is 376 g/mol. The molecule has 26 heavy (non-hydrogen) atoms. The summed E-state index contributed by atoms with van der Waals surface area (Å²) in [4.78, 5) is 14.6. The van der Waals surface area contributed by atoms with E-state index in [4.69, 9.17) is 16.3 Å². The highest BCUT2D eigenvalue weighted by atomic mass is 35.5. The average Bonchev–Trinajstić information content (AvgIpc) is 2.66. The molecule has 0 spiro atoms. The Bertz CT molecular complexity index is 720. The summed E-state index contributed by atoms with van der Waals surface area (Å²) < 4.78 is 5.17. The Labute approximate surface area is 160 Å². The molecule has 6 heteroatoms. The lowest BCUT2D eigenvalue weighted by Gasteiger charge is -2.30. The number of nitrogens with one attached hydrogen (secondary N) is 2. The summed E-state index contributed by atoms with van der Waals surface area (Å²) in [6.07, 6.45) is 0. The van der Waals surface area contributed by atoms with Gasteiger partial charge < -0.3 is 15.4 Å². The second-order valence-corrected chi connectivity index (χ2v) is 6.23. The van der Waals surface area contributed by atoms with Crippen LogP contribution in [0.4, 0.5) is 10.5 Å². The number of urea groups is 1. The standard InChI is InChI=1S/C20H26ClN3O2/c1-4-24(5-2)19(17-11-6-7-12-18(17)21)14-22-20(25)23-15-9-8-10-16(13-15)26-3/h6-13,19H,4-5,14H2,1-3H3,(H2,22,23,25). The van der Waals surface area contributed by atoms with Gasteiger partial charge in [0.05, 0.1) is 13.2 Å². The fourth-order valence-corrected chi connectivity index (χ4v) is 3.17. The number of rotatable bonds is 8. The summed E-state index contributed by atoms with van der Waals surface area (Å²) in [6.45, 7) is 6.39. The van der Waals surface area contributed by atoms with Gasteiger partial charge in [-0.05, 0) is 36.9 Å². The first-order valence-corrected chi connectivity index (χ1v) is 9.14. The van der Waals surface area contributed by atoms with Crippen molar-refractivity contribution in [1.82, 2.24) is 10.2 Å². The molecule has 0 saturated heterocycles. The zero-order chi connectivity index (χ0) is 18.9. The maximum Gasteiger partial charge on any atom is 0.319 e. The minimum Gasteiger partial charge on any atom is -0.497 e. The van der Waals surface area contributed by atoms with E-state index in [9.17, 15) is 4.79 Å². The number of likely N-dealkylation sites (N-methyl/N-ethyl adjacent to an activating group) is 1. The number of amides is 2. The fourth-order valence-electron chi connectivity index (χ4n) is 2.91. The first kappa shape index (κ1) is 20.1. The molecular formula is C20H26ClN3O2. The predicted molar refractivity (Wildman–Crippen MR) is 107 cm³/mol. The molecule has 0 fully saturated rings. The zero-order valence-corrected chi connectivity index (χ0v) is 16.2. The van der Waals surface area contributed by atoms with Crippen LogP contribution < -0.4 is 15.4 Å². The van der Waals surface area contributed by atoms with Gasteiger partial charge in [0.25, 0.3) is 0 Å². The Kier molecular flexibility index (Phi) is 7.75. The Morgan fingerprint density at radius 1 is 1.15 bits per heavy atom. The number of carbonyl (C=O) groups excluding carboxylic acids is 1. The summed E-state index contributed by atoms with van der Waals surface area (Å²) in [6, 6.07) is 14.8. The SMILES string of the molecule is CCN(CC)C(CNC(=O)Nc1cccc(OC)c1)c1ccccc1Cl. The van der Waals surface area contributed by atoms with Crippen LogP contribution in [0.25, 0.3) is 0 Å². The van der Waals surface area contributed by atoms with E-state index in [0.29, 0.717) is 23.0 Å². The van der Waals surface area contributed by atoms with E-state index in [2.05, 4.69) is 29.4 Å². The van der Waals surface area contributed by atoms with Crippen molar-refractivity contribution in [3.05, 3.63) is 59.1 Å². The number of benzene rings is 2. The van der Waals surface area contributed by atoms with Gasteiger partial charge >= 0.3 is 6.03 Å². The number of halogens is 1. The molecule has 2 aromatic rings. The van der Waals surface area contributed by atoms with Crippen LogP contribution in [0, 0.1) is 0 Å². The molecule has 1 atom stereocenters. The van der Waals surface area contributed by atoms with Crippen molar-refractivity contribution in [3.8, 4) is 5.75 Å². The van der Waals surface area contributed by atoms with Gasteiger partial charge in [0.1, 0.15) is 5.75 Å². The maximum absolute atomic E-state index is 12.3. The summed E-state index contributed by atoms with van der Waals surface area (Å²) in [5, 5.41) is 6.49. The number of hydrogen-bond donors (Lipinski definition) is 2. The number of hydrogen-bond acceptors (Lipinski definition) is 3. The molecule has 0 aliphatic rings. The van der Waals surface area contributed by atoms with Crippen LogP contribution in [0.2, 0.25) is 5.02 Å². The van der Waals surface area contributed by atoms with E-state index in [-0.39, 0.29) is 12.1 Å². The maximum atomic E-state index is 12.3. The third kappa shape index (κ3) is 5.38. The molecule has 0 saturated carbocycles. The molecule has 5 nitrogen and oxygen atoms in total. The lowest BCUT2D eigenvalue weighted by molar-refractivity contribution is 0.210. The Morgan fingerprint density at radius 2 is 1.88 bits per heavy atom. The molecule has 2 aromatic carbocycles. The molecule has 140 valence electrons. The molecule has 2 rings (SSSR count). The van der Waals surface area contributed by atoms with E-state index in [1.165, 1.54) is 0 Å². The topological polar surface area (TPSA) is 53.6 Å². The van der Waals surface area contributed by atoms with Crippen molar-refractivity contribution in [2.75, 3.05) is 32.1 Å². The van der Waals surface area contributed by atoms with Gasteiger partial charge in [-0.3, -0.25) is 4.90 Å². The van der Waals surface area contributed by atoms with Gasteiger partial charge in [0, 0.05) is 23.3 Å². The molecule has 0 bridgehead atoms. The van der Waals surface area contributed by atoms with Crippen LogP contribution in [-0.2, 0) is 0 Å². The second-order valence-electron chi connectivity index (χ2n) is 5.83. The number of nitrogens with zero attached hydrogens (tertiary/aromatic N) is 1. The third-order valence-electron chi connectivity index (χ3n) is 4.30. The molecule has 0 aliphatic carbocycles. The lowest BCUT2D eigenvalue weighted by atomic mass is 10.0. The Hall–Kier alpha value is -2.24. The highest BCUT2D eigenvalue weighted by molar-refractivity contribution is 6.31. The Morgan fingerprint density at radius 3 is 2.54 bits per heavy atom.